The van der Waals surface area contributed by atoms with E-state index in [2.05, 4.69) is 40.3 Å². The van der Waals surface area contributed by atoms with Gasteiger partial charge >= 0.3 is 0 Å². The zero-order valence-corrected chi connectivity index (χ0v) is 10.9. The second-order valence-electron chi connectivity index (χ2n) is 4.66. The van der Waals surface area contributed by atoms with Crippen LogP contribution < -0.4 is 5.32 Å². The molecule has 88 valence electrons. The molecule has 0 spiro atoms. The van der Waals surface area contributed by atoms with Gasteiger partial charge in [-0.3, -0.25) is 0 Å². The van der Waals surface area contributed by atoms with Crippen molar-refractivity contribution in [3.63, 3.8) is 0 Å². The molecule has 1 aromatic heterocycles. The molecular weight excluding hydrogens is 226 g/mol. The number of nitrogens with one attached hydrogen (secondary N) is 1. The minimum Gasteiger partial charge on any atom is -0.309 e. The first-order chi connectivity index (χ1) is 8.38. The highest BCUT2D eigenvalue weighted by Gasteiger charge is 2.16. The Bertz CT molecular complexity index is 502. The van der Waals surface area contributed by atoms with E-state index in [9.17, 15) is 0 Å². The molecule has 1 atom stereocenters. The van der Waals surface area contributed by atoms with Crippen molar-refractivity contribution >= 4 is 11.3 Å². The average molecular weight is 243 g/mol. The first-order valence-corrected chi connectivity index (χ1v) is 7.14. The van der Waals surface area contributed by atoms with Gasteiger partial charge in [0, 0.05) is 0 Å². The molecule has 0 bridgehead atoms. The van der Waals surface area contributed by atoms with Crippen molar-refractivity contribution in [3.05, 3.63) is 57.3 Å². The van der Waals surface area contributed by atoms with Crippen molar-refractivity contribution in [2.75, 3.05) is 7.05 Å². The van der Waals surface area contributed by atoms with Gasteiger partial charge in [0.1, 0.15) is 0 Å². The summed E-state index contributed by atoms with van der Waals surface area (Å²) < 4.78 is 0. The lowest BCUT2D eigenvalue weighted by atomic mass is 9.97. The molecule has 0 aliphatic heterocycles. The quantitative estimate of drug-likeness (QED) is 0.869. The molecule has 1 aliphatic carbocycles. The Hall–Kier alpha value is -1.12. The molecule has 1 nitrogen and oxygen atoms in total. The van der Waals surface area contributed by atoms with Crippen LogP contribution in [0, 0.1) is 0 Å². The summed E-state index contributed by atoms with van der Waals surface area (Å²) in [4.78, 5) is 0. The largest absolute Gasteiger partial charge is 0.309 e. The molecule has 1 N–H and O–H groups in total. The van der Waals surface area contributed by atoms with E-state index in [0.29, 0.717) is 6.04 Å². The van der Waals surface area contributed by atoms with Gasteiger partial charge in [0.25, 0.3) is 0 Å². The lowest BCUT2D eigenvalue weighted by Crippen LogP contribution is -2.17. The minimum atomic E-state index is 0.340. The molecular formula is C15H17NS. The molecule has 0 amide bonds. The van der Waals surface area contributed by atoms with Gasteiger partial charge in [-0.25, -0.2) is 0 Å². The summed E-state index contributed by atoms with van der Waals surface area (Å²) >= 11 is 1.76. The number of aryl methyl sites for hydroxylation is 2. The lowest BCUT2D eigenvalue weighted by molar-refractivity contribution is 0.693. The monoisotopic (exact) mass is 243 g/mol. The van der Waals surface area contributed by atoms with Gasteiger partial charge in [-0.1, -0.05) is 18.2 Å². The zero-order chi connectivity index (χ0) is 11.7. The highest BCUT2D eigenvalue weighted by Crippen LogP contribution is 2.29. The van der Waals surface area contributed by atoms with Crippen molar-refractivity contribution in [1.29, 1.82) is 0 Å². The van der Waals surface area contributed by atoms with Crippen molar-refractivity contribution in [2.24, 2.45) is 0 Å². The number of fused-ring (bicyclic) bond motifs is 1. The van der Waals surface area contributed by atoms with E-state index >= 15 is 0 Å². The Balaban J connectivity index is 1.97. The Morgan fingerprint density at radius 1 is 1.12 bits per heavy atom. The molecule has 0 saturated heterocycles. The fourth-order valence-corrected chi connectivity index (χ4v) is 3.42. The van der Waals surface area contributed by atoms with E-state index in [1.165, 1.54) is 30.4 Å². The summed E-state index contributed by atoms with van der Waals surface area (Å²) in [6.45, 7) is 0. The summed E-state index contributed by atoms with van der Waals surface area (Å²) in [5.74, 6) is 0. The van der Waals surface area contributed by atoms with Crippen LogP contribution in [0.4, 0.5) is 0 Å². The summed E-state index contributed by atoms with van der Waals surface area (Å²) in [7, 11) is 2.04. The Kier molecular flexibility index (Phi) is 3.00. The third-order valence-corrected chi connectivity index (χ3v) is 4.32. The smallest absolute Gasteiger partial charge is 0.0582 e. The van der Waals surface area contributed by atoms with Crippen molar-refractivity contribution < 1.29 is 0 Å². The fourth-order valence-electron chi connectivity index (χ4n) is 2.74. The zero-order valence-electron chi connectivity index (χ0n) is 10.1. The Labute approximate surface area is 106 Å². The molecule has 0 radical (unpaired) electrons. The molecule has 1 unspecified atom stereocenters. The summed E-state index contributed by atoms with van der Waals surface area (Å²) in [6.07, 6.45) is 3.84. The molecule has 2 aromatic rings. The molecule has 1 aromatic carbocycles. The molecule has 3 rings (SSSR count). The van der Waals surface area contributed by atoms with Gasteiger partial charge in [0.15, 0.2) is 0 Å². The van der Waals surface area contributed by atoms with Crippen LogP contribution in [0.25, 0.3) is 0 Å². The summed E-state index contributed by atoms with van der Waals surface area (Å²) in [6, 6.07) is 9.53. The van der Waals surface area contributed by atoms with Crippen LogP contribution in [0.15, 0.2) is 35.0 Å². The summed E-state index contributed by atoms with van der Waals surface area (Å²) in [5, 5.41) is 7.80. The SMILES string of the molecule is CNC(c1ccsc1)c1ccc2c(c1)CCC2. The van der Waals surface area contributed by atoms with E-state index < -0.39 is 0 Å². The minimum absolute atomic E-state index is 0.340. The van der Waals surface area contributed by atoms with Crippen molar-refractivity contribution in [1.82, 2.24) is 5.32 Å². The average Bonchev–Trinajstić information content (AvgIpc) is 2.99. The molecule has 2 heteroatoms. The topological polar surface area (TPSA) is 12.0 Å². The van der Waals surface area contributed by atoms with Crippen molar-refractivity contribution in [3.8, 4) is 0 Å². The number of benzene rings is 1. The predicted octanol–water partition coefficient (Wildman–Crippen LogP) is 3.55. The molecule has 0 fully saturated rings. The van der Waals surface area contributed by atoms with Gasteiger partial charge in [-0.05, 0) is 65.4 Å². The molecule has 17 heavy (non-hydrogen) atoms. The predicted molar refractivity (Wildman–Crippen MR) is 73.7 cm³/mol. The van der Waals surface area contributed by atoms with Crippen LogP contribution in [0.2, 0.25) is 0 Å². The van der Waals surface area contributed by atoms with Crippen LogP contribution >= 0.6 is 11.3 Å². The van der Waals surface area contributed by atoms with Crippen LogP contribution in [-0.4, -0.2) is 7.05 Å². The molecule has 0 saturated carbocycles. The number of thiophene rings is 1. The second-order valence-corrected chi connectivity index (χ2v) is 5.44. The Morgan fingerprint density at radius 3 is 2.76 bits per heavy atom. The fraction of sp³-hybridized carbons (Fsp3) is 0.333. The number of rotatable bonds is 3. The van der Waals surface area contributed by atoms with Gasteiger partial charge in [0.05, 0.1) is 6.04 Å². The van der Waals surface area contributed by atoms with Crippen LogP contribution in [0.5, 0.6) is 0 Å². The third-order valence-electron chi connectivity index (χ3n) is 3.62. The standard InChI is InChI=1S/C15H17NS/c1-16-15(14-7-8-17-10-14)13-6-5-11-3-2-4-12(11)9-13/h5-10,15-16H,2-4H2,1H3. The highest BCUT2D eigenvalue weighted by molar-refractivity contribution is 7.08. The van der Waals surface area contributed by atoms with E-state index in [0.717, 1.165) is 0 Å². The first kappa shape index (κ1) is 11.0. The van der Waals surface area contributed by atoms with E-state index in [1.54, 1.807) is 22.5 Å². The maximum atomic E-state index is 3.42. The second kappa shape index (κ2) is 4.63. The van der Waals surface area contributed by atoms with Crippen LogP contribution in [0.1, 0.15) is 34.7 Å². The van der Waals surface area contributed by atoms with E-state index in [1.807, 2.05) is 7.05 Å². The van der Waals surface area contributed by atoms with Gasteiger partial charge in [0.2, 0.25) is 0 Å². The van der Waals surface area contributed by atoms with E-state index in [-0.39, 0.29) is 0 Å². The first-order valence-electron chi connectivity index (χ1n) is 6.19. The maximum Gasteiger partial charge on any atom is 0.0582 e. The van der Waals surface area contributed by atoms with E-state index in [4.69, 9.17) is 0 Å². The van der Waals surface area contributed by atoms with Gasteiger partial charge in [-0.2, -0.15) is 11.3 Å². The Morgan fingerprint density at radius 2 is 2.00 bits per heavy atom. The molecule has 1 aliphatic rings. The normalized spacial score (nSPS) is 15.8. The maximum absolute atomic E-state index is 3.42. The summed E-state index contributed by atoms with van der Waals surface area (Å²) in [5.41, 5.74) is 5.87. The van der Waals surface area contributed by atoms with Crippen molar-refractivity contribution in [2.45, 2.75) is 25.3 Å². The van der Waals surface area contributed by atoms with Gasteiger partial charge in [-0.15, -0.1) is 0 Å². The third kappa shape index (κ3) is 2.03. The highest BCUT2D eigenvalue weighted by atomic mass is 32.1. The lowest BCUT2D eigenvalue weighted by Gasteiger charge is -2.16. The van der Waals surface area contributed by atoms with Crippen LogP contribution in [-0.2, 0) is 12.8 Å². The van der Waals surface area contributed by atoms with Crippen LogP contribution in [0.3, 0.4) is 0 Å². The molecule has 1 heterocycles. The number of hydrogen-bond acceptors (Lipinski definition) is 2. The number of hydrogen-bond donors (Lipinski definition) is 1. The van der Waals surface area contributed by atoms with Gasteiger partial charge < -0.3 is 5.32 Å².